The maximum Gasteiger partial charge on any atom is 0.267 e. The van der Waals surface area contributed by atoms with Gasteiger partial charge in [0.2, 0.25) is 5.28 Å². The molecular weight excluding hydrogens is 246 g/mol. The minimum atomic E-state index is -0.730. The number of nitrogens with one attached hydrogen (secondary N) is 1. The number of amides is 2. The highest BCUT2D eigenvalue weighted by molar-refractivity contribution is 6.41. The van der Waals surface area contributed by atoms with E-state index in [4.69, 9.17) is 17.3 Å². The van der Waals surface area contributed by atoms with Crippen molar-refractivity contribution in [3.8, 4) is 0 Å². The summed E-state index contributed by atoms with van der Waals surface area (Å²) in [5, 5.41) is 2.46. The predicted molar refractivity (Wildman–Crippen MR) is 60.3 cm³/mol. The molecule has 8 heteroatoms. The molecule has 88 valence electrons. The van der Waals surface area contributed by atoms with Gasteiger partial charge in [-0.3, -0.25) is 9.59 Å². The normalized spacial score (nSPS) is 17.2. The van der Waals surface area contributed by atoms with E-state index in [2.05, 4.69) is 20.3 Å². The summed E-state index contributed by atoms with van der Waals surface area (Å²) in [6.45, 7) is 0.541. The second kappa shape index (κ2) is 4.46. The summed E-state index contributed by atoms with van der Waals surface area (Å²) in [6, 6.07) is 1.28. The van der Waals surface area contributed by atoms with Crippen LogP contribution in [0.15, 0.2) is 11.1 Å². The van der Waals surface area contributed by atoms with E-state index in [-0.39, 0.29) is 22.7 Å². The van der Waals surface area contributed by atoms with Crippen LogP contribution in [0.2, 0.25) is 5.28 Å². The number of nitrogens with two attached hydrogens (primary N) is 1. The number of rotatable bonds is 2. The highest BCUT2D eigenvalue weighted by Crippen LogP contribution is 2.15. The Balaban J connectivity index is 2.39. The Labute approximate surface area is 101 Å². The number of nitrogens with zero attached hydrogens (tertiary/aromatic N) is 3. The molecular formula is C9H8ClN5O2. The number of halogens is 1. The lowest BCUT2D eigenvalue weighted by Crippen LogP contribution is -2.18. The molecule has 2 amide bonds. The van der Waals surface area contributed by atoms with Crippen LogP contribution in [0.1, 0.15) is 16.9 Å². The fourth-order valence-electron chi connectivity index (χ4n) is 1.34. The summed E-state index contributed by atoms with van der Waals surface area (Å²) in [6.07, 6.45) is 0.506. The summed E-state index contributed by atoms with van der Waals surface area (Å²) in [5.41, 5.74) is 5.38. The zero-order chi connectivity index (χ0) is 12.4. The van der Waals surface area contributed by atoms with Crippen molar-refractivity contribution in [1.82, 2.24) is 15.3 Å². The van der Waals surface area contributed by atoms with Crippen LogP contribution < -0.4 is 11.1 Å². The number of aliphatic imine (C=N–C) groups is 1. The van der Waals surface area contributed by atoms with Gasteiger partial charge in [-0.2, -0.15) is 4.98 Å². The van der Waals surface area contributed by atoms with Crippen molar-refractivity contribution in [2.24, 2.45) is 10.7 Å². The van der Waals surface area contributed by atoms with E-state index in [0.29, 0.717) is 18.7 Å². The molecule has 0 bridgehead atoms. The third-order valence-electron chi connectivity index (χ3n) is 2.10. The number of carbonyl (C=O) groups excluding carboxylic acids is 2. The minimum absolute atomic E-state index is 0.0391. The molecule has 0 atom stereocenters. The highest BCUT2D eigenvalue weighted by Gasteiger charge is 2.18. The van der Waals surface area contributed by atoms with Crippen LogP contribution in [-0.4, -0.2) is 34.0 Å². The second-order valence-corrected chi connectivity index (χ2v) is 3.65. The Bertz CT molecular complexity index is 528. The Morgan fingerprint density at radius 3 is 2.88 bits per heavy atom. The van der Waals surface area contributed by atoms with Crippen LogP contribution >= 0.6 is 11.6 Å². The summed E-state index contributed by atoms with van der Waals surface area (Å²) in [5.74, 6) is -0.835. The van der Waals surface area contributed by atoms with E-state index in [1.54, 1.807) is 0 Å². The molecule has 1 aliphatic heterocycles. The number of hydrogen-bond donors (Lipinski definition) is 2. The molecule has 0 aliphatic carbocycles. The standard InChI is InChI=1S/C9H8ClN5O2/c10-9-14-5(7(11)16)3-6(15-9)13-4-1-2-12-8(4)17/h3H,1-2H2,(H2,11,16)(H,12,17)/b13-4+. The van der Waals surface area contributed by atoms with Gasteiger partial charge in [0.05, 0.1) is 0 Å². The number of aromatic nitrogens is 2. The maximum absolute atomic E-state index is 11.3. The zero-order valence-corrected chi connectivity index (χ0v) is 9.36. The summed E-state index contributed by atoms with van der Waals surface area (Å²) >= 11 is 5.62. The van der Waals surface area contributed by atoms with Gasteiger partial charge in [-0.25, -0.2) is 9.98 Å². The van der Waals surface area contributed by atoms with Crippen LogP contribution in [0.25, 0.3) is 0 Å². The summed E-state index contributed by atoms with van der Waals surface area (Å²) in [4.78, 5) is 33.7. The van der Waals surface area contributed by atoms with Crippen molar-refractivity contribution >= 4 is 34.9 Å². The molecule has 0 aromatic carbocycles. The first kappa shape index (κ1) is 11.5. The first-order valence-corrected chi connectivity index (χ1v) is 5.14. The first-order valence-electron chi connectivity index (χ1n) is 4.76. The lowest BCUT2D eigenvalue weighted by atomic mass is 10.3. The topological polar surface area (TPSA) is 110 Å². The molecule has 1 aromatic rings. The summed E-state index contributed by atoms with van der Waals surface area (Å²) < 4.78 is 0. The number of primary amides is 1. The van der Waals surface area contributed by atoms with E-state index in [9.17, 15) is 9.59 Å². The second-order valence-electron chi connectivity index (χ2n) is 3.31. The quantitative estimate of drug-likeness (QED) is 0.712. The number of carbonyl (C=O) groups is 2. The molecule has 0 spiro atoms. The fraction of sp³-hybridized carbons (Fsp3) is 0.222. The fourth-order valence-corrected chi connectivity index (χ4v) is 1.52. The Kier molecular flexibility index (Phi) is 3.01. The average Bonchev–Trinajstić information content (AvgIpc) is 2.63. The van der Waals surface area contributed by atoms with Crippen molar-refractivity contribution < 1.29 is 9.59 Å². The van der Waals surface area contributed by atoms with Gasteiger partial charge < -0.3 is 11.1 Å². The van der Waals surface area contributed by atoms with Gasteiger partial charge in [-0.05, 0) is 11.6 Å². The van der Waals surface area contributed by atoms with Gasteiger partial charge in [0.25, 0.3) is 11.8 Å². The molecule has 0 unspecified atom stereocenters. The van der Waals surface area contributed by atoms with Gasteiger partial charge >= 0.3 is 0 Å². The molecule has 3 N–H and O–H groups in total. The zero-order valence-electron chi connectivity index (χ0n) is 8.61. The number of hydrogen-bond acceptors (Lipinski definition) is 5. The summed E-state index contributed by atoms with van der Waals surface area (Å²) in [7, 11) is 0. The monoisotopic (exact) mass is 253 g/mol. The van der Waals surface area contributed by atoms with Gasteiger partial charge in [0, 0.05) is 19.0 Å². The van der Waals surface area contributed by atoms with Gasteiger partial charge in [0.1, 0.15) is 11.4 Å². The van der Waals surface area contributed by atoms with E-state index in [1.807, 2.05) is 0 Å². The van der Waals surface area contributed by atoms with E-state index < -0.39 is 5.91 Å². The van der Waals surface area contributed by atoms with Crippen LogP contribution in [0, 0.1) is 0 Å². The lowest BCUT2D eigenvalue weighted by molar-refractivity contribution is -0.113. The maximum atomic E-state index is 11.3. The molecule has 7 nitrogen and oxygen atoms in total. The van der Waals surface area contributed by atoms with Crippen LogP contribution in [0.5, 0.6) is 0 Å². The Hall–Kier alpha value is -2.02. The van der Waals surface area contributed by atoms with Crippen molar-refractivity contribution in [2.75, 3.05) is 6.54 Å². The first-order chi connectivity index (χ1) is 8.06. The lowest BCUT2D eigenvalue weighted by Gasteiger charge is -1.99. The van der Waals surface area contributed by atoms with E-state index in [0.717, 1.165) is 0 Å². The molecule has 1 saturated heterocycles. The molecule has 1 aliphatic rings. The SMILES string of the molecule is NC(=O)c1cc(/N=C2\CCNC2=O)nc(Cl)n1. The Morgan fingerprint density at radius 2 is 2.29 bits per heavy atom. The smallest absolute Gasteiger partial charge is 0.267 e. The Morgan fingerprint density at radius 1 is 1.53 bits per heavy atom. The average molecular weight is 254 g/mol. The largest absolute Gasteiger partial charge is 0.364 e. The third-order valence-corrected chi connectivity index (χ3v) is 2.27. The molecule has 1 fully saturated rings. The molecule has 0 saturated carbocycles. The van der Waals surface area contributed by atoms with E-state index in [1.165, 1.54) is 6.07 Å². The third kappa shape index (κ3) is 2.56. The van der Waals surface area contributed by atoms with E-state index >= 15 is 0 Å². The van der Waals surface area contributed by atoms with Crippen molar-refractivity contribution in [1.29, 1.82) is 0 Å². The van der Waals surface area contributed by atoms with Gasteiger partial charge in [-0.15, -0.1) is 0 Å². The molecule has 0 radical (unpaired) electrons. The predicted octanol–water partition coefficient (Wildman–Crippen LogP) is -0.179. The van der Waals surface area contributed by atoms with Crippen LogP contribution in [0.3, 0.4) is 0 Å². The molecule has 1 aromatic heterocycles. The van der Waals surface area contributed by atoms with Crippen LogP contribution in [-0.2, 0) is 4.79 Å². The van der Waals surface area contributed by atoms with Crippen molar-refractivity contribution in [3.05, 3.63) is 17.0 Å². The molecule has 2 rings (SSSR count). The van der Waals surface area contributed by atoms with Crippen LogP contribution in [0.4, 0.5) is 5.82 Å². The molecule has 17 heavy (non-hydrogen) atoms. The van der Waals surface area contributed by atoms with Crippen molar-refractivity contribution in [2.45, 2.75) is 6.42 Å². The van der Waals surface area contributed by atoms with Crippen molar-refractivity contribution in [3.63, 3.8) is 0 Å². The van der Waals surface area contributed by atoms with Gasteiger partial charge in [0.15, 0.2) is 5.82 Å². The molecule has 2 heterocycles. The minimum Gasteiger partial charge on any atom is -0.364 e. The highest BCUT2D eigenvalue weighted by atomic mass is 35.5. The van der Waals surface area contributed by atoms with Gasteiger partial charge in [-0.1, -0.05) is 0 Å².